The van der Waals surface area contributed by atoms with Crippen molar-refractivity contribution in [3.05, 3.63) is 40.9 Å². The lowest BCUT2D eigenvalue weighted by Gasteiger charge is -2.13. The van der Waals surface area contributed by atoms with Gasteiger partial charge in [-0.1, -0.05) is 0 Å². The molecule has 5 heteroatoms. The van der Waals surface area contributed by atoms with Gasteiger partial charge in [-0.15, -0.1) is 0 Å². The molecule has 0 aliphatic carbocycles. The Morgan fingerprint density at radius 2 is 1.74 bits per heavy atom. The maximum Gasteiger partial charge on any atom is 0.145 e. The van der Waals surface area contributed by atoms with Crippen molar-refractivity contribution in [2.75, 3.05) is 25.3 Å². The summed E-state index contributed by atoms with van der Waals surface area (Å²) in [4.78, 5) is 0. The molecule has 0 saturated carbocycles. The third-order valence-electron chi connectivity index (χ3n) is 2.67. The molecule has 2 aromatic rings. The number of nitrogens with one attached hydrogen (secondary N) is 1. The molecule has 100 valence electrons. The van der Waals surface area contributed by atoms with E-state index in [-0.39, 0.29) is 0 Å². The highest BCUT2D eigenvalue weighted by Crippen LogP contribution is 2.34. The monoisotopic (exact) mass is 322 g/mol. The summed E-state index contributed by atoms with van der Waals surface area (Å²) in [6.07, 6.45) is 0. The Morgan fingerprint density at radius 3 is 2.37 bits per heavy atom. The predicted octanol–water partition coefficient (Wildman–Crippen LogP) is 3.79. The molecule has 2 aromatic carbocycles. The SMILES string of the molecule is COc1ccc(Nc2ccc(N)cc2Br)c(OC)c1. The Kier molecular flexibility index (Phi) is 4.16. The van der Waals surface area contributed by atoms with Gasteiger partial charge in [0.2, 0.25) is 0 Å². The smallest absolute Gasteiger partial charge is 0.145 e. The van der Waals surface area contributed by atoms with Crippen LogP contribution in [0.4, 0.5) is 17.1 Å². The number of ether oxygens (including phenoxy) is 2. The number of methoxy groups -OCH3 is 2. The molecule has 0 fully saturated rings. The van der Waals surface area contributed by atoms with Crippen LogP contribution in [-0.4, -0.2) is 14.2 Å². The summed E-state index contributed by atoms with van der Waals surface area (Å²) in [5, 5.41) is 3.29. The second-order valence-electron chi connectivity index (χ2n) is 3.93. The van der Waals surface area contributed by atoms with Crippen molar-refractivity contribution in [2.24, 2.45) is 0 Å². The normalized spacial score (nSPS) is 10.1. The van der Waals surface area contributed by atoms with Crippen LogP contribution >= 0.6 is 15.9 Å². The highest BCUT2D eigenvalue weighted by molar-refractivity contribution is 9.10. The fourth-order valence-corrected chi connectivity index (χ4v) is 2.18. The number of nitrogen functional groups attached to an aromatic ring is 1. The van der Waals surface area contributed by atoms with Crippen LogP contribution in [0, 0.1) is 0 Å². The van der Waals surface area contributed by atoms with E-state index < -0.39 is 0 Å². The second-order valence-corrected chi connectivity index (χ2v) is 4.78. The molecule has 4 nitrogen and oxygen atoms in total. The number of rotatable bonds is 4. The molecule has 0 amide bonds. The van der Waals surface area contributed by atoms with Gasteiger partial charge in [0.05, 0.1) is 25.6 Å². The van der Waals surface area contributed by atoms with Gasteiger partial charge in [0, 0.05) is 16.2 Å². The second kappa shape index (κ2) is 5.84. The lowest BCUT2D eigenvalue weighted by atomic mass is 10.2. The lowest BCUT2D eigenvalue weighted by molar-refractivity contribution is 0.395. The first-order valence-corrected chi connectivity index (χ1v) is 6.47. The number of hydrogen-bond acceptors (Lipinski definition) is 4. The van der Waals surface area contributed by atoms with Gasteiger partial charge in [-0.05, 0) is 46.3 Å². The van der Waals surface area contributed by atoms with Crippen molar-refractivity contribution in [2.45, 2.75) is 0 Å². The maximum absolute atomic E-state index is 5.72. The summed E-state index contributed by atoms with van der Waals surface area (Å²) in [7, 11) is 3.25. The molecule has 0 spiro atoms. The van der Waals surface area contributed by atoms with E-state index in [9.17, 15) is 0 Å². The van der Waals surface area contributed by atoms with Gasteiger partial charge >= 0.3 is 0 Å². The van der Waals surface area contributed by atoms with Gasteiger partial charge in [0.25, 0.3) is 0 Å². The Hall–Kier alpha value is -1.88. The average molecular weight is 323 g/mol. The van der Waals surface area contributed by atoms with Crippen molar-refractivity contribution in [3.63, 3.8) is 0 Å². The molecular weight excluding hydrogens is 308 g/mol. The minimum atomic E-state index is 0.708. The Balaban J connectivity index is 2.32. The summed E-state index contributed by atoms with van der Waals surface area (Å²) >= 11 is 3.47. The van der Waals surface area contributed by atoms with E-state index in [4.69, 9.17) is 15.2 Å². The maximum atomic E-state index is 5.72. The highest BCUT2D eigenvalue weighted by atomic mass is 79.9. The molecule has 0 atom stereocenters. The van der Waals surface area contributed by atoms with Crippen LogP contribution < -0.4 is 20.5 Å². The molecule has 0 aliphatic rings. The molecule has 0 heterocycles. The van der Waals surface area contributed by atoms with E-state index in [1.807, 2.05) is 36.4 Å². The fraction of sp³-hybridized carbons (Fsp3) is 0.143. The zero-order valence-electron chi connectivity index (χ0n) is 10.7. The summed E-state index contributed by atoms with van der Waals surface area (Å²) < 4.78 is 11.4. The topological polar surface area (TPSA) is 56.5 Å². The average Bonchev–Trinajstić information content (AvgIpc) is 2.42. The molecule has 0 aromatic heterocycles. The summed E-state index contributed by atoms with van der Waals surface area (Å²) in [5.41, 5.74) is 8.19. The molecule has 19 heavy (non-hydrogen) atoms. The number of anilines is 3. The third kappa shape index (κ3) is 3.12. The quantitative estimate of drug-likeness (QED) is 0.841. The molecule has 0 bridgehead atoms. The number of nitrogens with two attached hydrogens (primary N) is 1. The Labute approximate surface area is 120 Å². The van der Waals surface area contributed by atoms with Gasteiger partial charge in [0.15, 0.2) is 0 Å². The van der Waals surface area contributed by atoms with Crippen LogP contribution in [0.2, 0.25) is 0 Å². The first kappa shape index (κ1) is 13.5. The van der Waals surface area contributed by atoms with Crippen LogP contribution in [0.15, 0.2) is 40.9 Å². The molecular formula is C14H15BrN2O2. The summed E-state index contributed by atoms with van der Waals surface area (Å²) in [5.74, 6) is 1.46. The van der Waals surface area contributed by atoms with Crippen molar-refractivity contribution >= 4 is 33.0 Å². The molecule has 3 N–H and O–H groups in total. The zero-order valence-corrected chi connectivity index (χ0v) is 12.3. The van der Waals surface area contributed by atoms with Crippen molar-refractivity contribution in [3.8, 4) is 11.5 Å². The highest BCUT2D eigenvalue weighted by Gasteiger charge is 2.07. The summed E-state index contributed by atoms with van der Waals surface area (Å²) in [6.45, 7) is 0. The van der Waals surface area contributed by atoms with E-state index in [1.54, 1.807) is 14.2 Å². The van der Waals surface area contributed by atoms with Gasteiger partial charge in [-0.2, -0.15) is 0 Å². The van der Waals surface area contributed by atoms with Crippen molar-refractivity contribution < 1.29 is 9.47 Å². The predicted molar refractivity (Wildman–Crippen MR) is 81.4 cm³/mol. The standard InChI is InChI=1S/C14H15BrN2O2/c1-18-10-4-6-13(14(8-10)19-2)17-12-5-3-9(16)7-11(12)15/h3-8,17H,16H2,1-2H3. The molecule has 0 aliphatic heterocycles. The summed E-state index contributed by atoms with van der Waals surface area (Å²) in [6, 6.07) is 11.2. The minimum absolute atomic E-state index is 0.708. The van der Waals surface area contributed by atoms with E-state index in [0.29, 0.717) is 11.4 Å². The van der Waals surface area contributed by atoms with Crippen molar-refractivity contribution in [1.82, 2.24) is 0 Å². The van der Waals surface area contributed by atoms with Crippen molar-refractivity contribution in [1.29, 1.82) is 0 Å². The molecule has 2 rings (SSSR count). The Morgan fingerprint density at radius 1 is 1.00 bits per heavy atom. The van der Waals surface area contributed by atoms with Crippen LogP contribution in [0.3, 0.4) is 0 Å². The number of hydrogen-bond donors (Lipinski definition) is 2. The van der Waals surface area contributed by atoms with Crippen LogP contribution in [0.1, 0.15) is 0 Å². The number of benzene rings is 2. The minimum Gasteiger partial charge on any atom is -0.497 e. The Bertz CT molecular complexity index is 588. The van der Waals surface area contributed by atoms with Crippen LogP contribution in [0.25, 0.3) is 0 Å². The van der Waals surface area contributed by atoms with E-state index in [1.165, 1.54) is 0 Å². The van der Waals surface area contributed by atoms with Crippen LogP contribution in [-0.2, 0) is 0 Å². The van der Waals surface area contributed by atoms with E-state index >= 15 is 0 Å². The van der Waals surface area contributed by atoms with Gasteiger partial charge in [-0.25, -0.2) is 0 Å². The molecule has 0 unspecified atom stereocenters. The number of halogens is 1. The third-order valence-corrected chi connectivity index (χ3v) is 3.33. The van der Waals surface area contributed by atoms with Gasteiger partial charge in [-0.3, -0.25) is 0 Å². The lowest BCUT2D eigenvalue weighted by Crippen LogP contribution is -1.97. The van der Waals surface area contributed by atoms with E-state index in [2.05, 4.69) is 21.2 Å². The van der Waals surface area contributed by atoms with Gasteiger partial charge in [0.1, 0.15) is 11.5 Å². The van der Waals surface area contributed by atoms with Crippen LogP contribution in [0.5, 0.6) is 11.5 Å². The zero-order chi connectivity index (χ0) is 13.8. The largest absolute Gasteiger partial charge is 0.497 e. The first-order chi connectivity index (χ1) is 9.13. The first-order valence-electron chi connectivity index (χ1n) is 5.68. The van der Waals surface area contributed by atoms with Gasteiger partial charge < -0.3 is 20.5 Å². The molecule has 0 radical (unpaired) electrons. The molecule has 0 saturated heterocycles. The fourth-order valence-electron chi connectivity index (χ4n) is 1.68. The van der Waals surface area contributed by atoms with E-state index in [0.717, 1.165) is 21.6 Å².